The number of fused-ring (bicyclic) bond motifs is 1. The molecule has 0 radical (unpaired) electrons. The van der Waals surface area contributed by atoms with Crippen molar-refractivity contribution in [2.24, 2.45) is 0 Å². The first-order valence-electron chi connectivity index (χ1n) is 13.6. The van der Waals surface area contributed by atoms with Crippen LogP contribution in [0.4, 0.5) is 0 Å². The fourth-order valence-electron chi connectivity index (χ4n) is 5.13. The number of nitrogens with zero attached hydrogens (tertiary/aromatic N) is 4. The van der Waals surface area contributed by atoms with Gasteiger partial charge in [0.1, 0.15) is 18.1 Å². The Kier molecular flexibility index (Phi) is 8.02. The molecule has 1 saturated heterocycles. The summed E-state index contributed by atoms with van der Waals surface area (Å²) in [5, 5.41) is 3.25. The maximum absolute atomic E-state index is 13.9. The van der Waals surface area contributed by atoms with Crippen LogP contribution in [0.5, 0.6) is 5.75 Å². The molecule has 1 N–H and O–H groups in total. The van der Waals surface area contributed by atoms with E-state index in [1.807, 2.05) is 44.2 Å². The Balaban J connectivity index is 1.56. The molecule has 1 aliphatic heterocycles. The minimum Gasteiger partial charge on any atom is -0.497 e. The molecule has 0 spiro atoms. The largest absolute Gasteiger partial charge is 0.497 e. The number of ether oxygens (including phenoxy) is 1. The molecule has 1 amide bonds. The van der Waals surface area contributed by atoms with E-state index >= 15 is 0 Å². The van der Waals surface area contributed by atoms with E-state index in [0.29, 0.717) is 28.2 Å². The van der Waals surface area contributed by atoms with Crippen molar-refractivity contribution >= 4 is 16.9 Å². The van der Waals surface area contributed by atoms with E-state index in [2.05, 4.69) is 33.4 Å². The normalized spacial score (nSPS) is 14.1. The summed E-state index contributed by atoms with van der Waals surface area (Å²) in [6.45, 7) is 6.80. The number of likely N-dealkylation sites (tertiary alicyclic amines) is 1. The molecule has 3 heterocycles. The number of carbonyl (C=O) groups is 1. The molecule has 5 rings (SSSR count). The highest BCUT2D eigenvalue weighted by atomic mass is 16.5. The predicted octanol–water partition coefficient (Wildman–Crippen LogP) is 4.64. The maximum atomic E-state index is 13.9. The molecule has 0 bridgehead atoms. The molecular formula is C31H35N5O3. The molecule has 0 unspecified atom stereocenters. The quantitative estimate of drug-likeness (QED) is 0.360. The summed E-state index contributed by atoms with van der Waals surface area (Å²) in [6.07, 6.45) is 5.57. The molecule has 0 saturated carbocycles. The van der Waals surface area contributed by atoms with Crippen molar-refractivity contribution in [2.75, 3.05) is 20.2 Å². The molecule has 2 aromatic carbocycles. The number of aromatic nitrogens is 3. The van der Waals surface area contributed by atoms with Crippen LogP contribution in [0.1, 0.15) is 38.7 Å². The van der Waals surface area contributed by atoms with Crippen molar-refractivity contribution in [1.82, 2.24) is 24.8 Å². The smallest absolute Gasteiger partial charge is 0.263 e. The number of carbonyl (C=O) groups excluding carboxylic acids is 1. The highest BCUT2D eigenvalue weighted by Gasteiger charge is 2.18. The highest BCUT2D eigenvalue weighted by Crippen LogP contribution is 2.26. The fourth-order valence-corrected chi connectivity index (χ4v) is 5.13. The van der Waals surface area contributed by atoms with Crippen molar-refractivity contribution in [3.8, 4) is 28.3 Å². The van der Waals surface area contributed by atoms with Crippen molar-refractivity contribution in [1.29, 1.82) is 0 Å². The minimum absolute atomic E-state index is 0.0487. The van der Waals surface area contributed by atoms with Gasteiger partial charge in [0.15, 0.2) is 5.65 Å². The lowest BCUT2D eigenvalue weighted by molar-refractivity contribution is -0.122. The number of rotatable bonds is 8. The van der Waals surface area contributed by atoms with E-state index in [9.17, 15) is 9.59 Å². The van der Waals surface area contributed by atoms with E-state index in [1.165, 1.54) is 29.4 Å². The average Bonchev–Trinajstić information content (AvgIpc) is 2.94. The first kappa shape index (κ1) is 26.6. The van der Waals surface area contributed by atoms with Crippen LogP contribution in [0.2, 0.25) is 0 Å². The maximum Gasteiger partial charge on any atom is 0.263 e. The Morgan fingerprint density at radius 1 is 1.00 bits per heavy atom. The van der Waals surface area contributed by atoms with Gasteiger partial charge in [-0.3, -0.25) is 19.1 Å². The molecule has 202 valence electrons. The minimum atomic E-state index is -0.310. The van der Waals surface area contributed by atoms with Gasteiger partial charge in [-0.1, -0.05) is 36.8 Å². The number of benzene rings is 2. The van der Waals surface area contributed by atoms with E-state index in [0.717, 1.165) is 30.8 Å². The summed E-state index contributed by atoms with van der Waals surface area (Å²) < 4.78 is 6.80. The summed E-state index contributed by atoms with van der Waals surface area (Å²) in [4.78, 5) is 38.5. The van der Waals surface area contributed by atoms with Crippen molar-refractivity contribution in [3.05, 3.63) is 76.7 Å². The van der Waals surface area contributed by atoms with Gasteiger partial charge < -0.3 is 10.1 Å². The number of pyridine rings is 1. The van der Waals surface area contributed by atoms with E-state index in [4.69, 9.17) is 9.72 Å². The lowest BCUT2D eigenvalue weighted by Gasteiger charge is -2.26. The summed E-state index contributed by atoms with van der Waals surface area (Å²) >= 11 is 0. The first-order valence-corrected chi connectivity index (χ1v) is 13.6. The third kappa shape index (κ3) is 6.17. The van der Waals surface area contributed by atoms with E-state index < -0.39 is 0 Å². The van der Waals surface area contributed by atoms with Crippen LogP contribution < -0.4 is 15.6 Å². The molecule has 1 fully saturated rings. The third-order valence-electron chi connectivity index (χ3n) is 7.00. The number of hydrogen-bond donors (Lipinski definition) is 1. The van der Waals surface area contributed by atoms with Crippen LogP contribution in [0.15, 0.2) is 65.6 Å². The van der Waals surface area contributed by atoms with Crippen molar-refractivity contribution in [2.45, 2.75) is 52.2 Å². The molecule has 0 atom stereocenters. The van der Waals surface area contributed by atoms with Gasteiger partial charge in [0.25, 0.3) is 5.56 Å². The Labute approximate surface area is 228 Å². The molecule has 8 nitrogen and oxygen atoms in total. The number of nitrogens with one attached hydrogen (secondary N) is 1. The number of methoxy groups -OCH3 is 1. The SMILES string of the molecule is COc1cccc(-c2nc3ncc(-c4cccc(CN5CCCCC5)c4)cc3c(=O)n2CC(=O)NC(C)C)c1. The van der Waals surface area contributed by atoms with Crippen LogP contribution in [0, 0.1) is 0 Å². The van der Waals surface area contributed by atoms with Crippen LogP contribution in [-0.2, 0) is 17.9 Å². The van der Waals surface area contributed by atoms with Gasteiger partial charge in [0.2, 0.25) is 5.91 Å². The van der Waals surface area contributed by atoms with Gasteiger partial charge in [0.05, 0.1) is 12.5 Å². The Hall–Kier alpha value is -4.04. The van der Waals surface area contributed by atoms with E-state index in [-0.39, 0.29) is 24.1 Å². The molecule has 39 heavy (non-hydrogen) atoms. The van der Waals surface area contributed by atoms with Crippen LogP contribution in [-0.4, -0.2) is 51.6 Å². The third-order valence-corrected chi connectivity index (χ3v) is 7.00. The van der Waals surface area contributed by atoms with Gasteiger partial charge in [-0.2, -0.15) is 0 Å². The lowest BCUT2D eigenvalue weighted by Crippen LogP contribution is -2.37. The number of piperidine rings is 1. The second-order valence-electron chi connectivity index (χ2n) is 10.4. The molecule has 2 aromatic heterocycles. The van der Waals surface area contributed by atoms with Gasteiger partial charge in [-0.15, -0.1) is 0 Å². The van der Waals surface area contributed by atoms with Crippen LogP contribution >= 0.6 is 0 Å². The van der Waals surface area contributed by atoms with Crippen molar-refractivity contribution in [3.63, 3.8) is 0 Å². The zero-order valence-corrected chi connectivity index (χ0v) is 22.8. The molecular weight excluding hydrogens is 490 g/mol. The van der Waals surface area contributed by atoms with E-state index in [1.54, 1.807) is 19.4 Å². The molecule has 8 heteroatoms. The predicted molar refractivity (Wildman–Crippen MR) is 154 cm³/mol. The first-order chi connectivity index (χ1) is 18.9. The second-order valence-corrected chi connectivity index (χ2v) is 10.4. The summed E-state index contributed by atoms with van der Waals surface area (Å²) in [5.74, 6) is 0.744. The lowest BCUT2D eigenvalue weighted by atomic mass is 10.0. The zero-order chi connectivity index (χ0) is 27.4. The molecule has 4 aromatic rings. The molecule has 1 aliphatic rings. The summed E-state index contributed by atoms with van der Waals surface area (Å²) in [5.41, 5.74) is 3.78. The van der Waals surface area contributed by atoms with Gasteiger partial charge in [-0.25, -0.2) is 9.97 Å². The zero-order valence-electron chi connectivity index (χ0n) is 22.8. The Morgan fingerprint density at radius 2 is 1.77 bits per heavy atom. The van der Waals surface area contributed by atoms with Crippen molar-refractivity contribution < 1.29 is 9.53 Å². The Bertz CT molecular complexity index is 1540. The van der Waals surface area contributed by atoms with Crippen LogP contribution in [0.3, 0.4) is 0 Å². The second kappa shape index (κ2) is 11.8. The average molecular weight is 526 g/mol. The standard InChI is InChI=1S/C31H35N5O3/c1-21(2)33-28(37)20-36-30(24-11-8-12-26(16-24)39-3)34-29-27(31(36)38)17-25(18-32-29)23-10-7-9-22(15-23)19-35-13-5-4-6-14-35/h7-12,15-18,21H,4-6,13-14,19-20H2,1-3H3,(H,33,37). The monoisotopic (exact) mass is 525 g/mol. The summed E-state index contributed by atoms with van der Waals surface area (Å²) in [7, 11) is 1.58. The Morgan fingerprint density at radius 3 is 2.54 bits per heavy atom. The van der Waals surface area contributed by atoms with Crippen LogP contribution in [0.25, 0.3) is 33.5 Å². The fraction of sp³-hybridized carbons (Fsp3) is 0.355. The molecule has 0 aliphatic carbocycles. The number of amides is 1. The van der Waals surface area contributed by atoms with Gasteiger partial charge >= 0.3 is 0 Å². The van der Waals surface area contributed by atoms with Gasteiger partial charge in [0, 0.05) is 29.9 Å². The van der Waals surface area contributed by atoms with Gasteiger partial charge in [-0.05, 0) is 75.2 Å². The topological polar surface area (TPSA) is 89.4 Å². The number of hydrogen-bond acceptors (Lipinski definition) is 6. The highest BCUT2D eigenvalue weighted by molar-refractivity contribution is 5.83. The summed E-state index contributed by atoms with van der Waals surface area (Å²) in [6, 6.07) is 17.5.